The highest BCUT2D eigenvalue weighted by Gasteiger charge is 2.36. The van der Waals surface area contributed by atoms with Crippen molar-refractivity contribution >= 4 is 30.7 Å². The van der Waals surface area contributed by atoms with Crippen LogP contribution >= 0.6 is 0 Å². The summed E-state index contributed by atoms with van der Waals surface area (Å²) in [5.74, 6) is 0.0408. The summed E-state index contributed by atoms with van der Waals surface area (Å²) >= 11 is 0. The van der Waals surface area contributed by atoms with Crippen molar-refractivity contribution in [2.75, 3.05) is 53.0 Å². The van der Waals surface area contributed by atoms with Crippen LogP contribution in [0.3, 0.4) is 0 Å². The van der Waals surface area contributed by atoms with Crippen LogP contribution in [0.25, 0.3) is 11.1 Å². The van der Waals surface area contributed by atoms with Crippen molar-refractivity contribution in [3.05, 3.63) is 113 Å². The molecule has 0 atom stereocenters. The molecule has 0 saturated heterocycles. The number of rotatable bonds is 12. The minimum Gasteiger partial charge on any atom is -0.495 e. The SMILES string of the molecule is CCc1ccc(C(=O)Nc2ccc(-c3ccc(NC(=O)c4ccc(C[N+](C)(C)[B][N+](C)(C)C)cc4)c(CO)c3)cc2OC)cc1. The third kappa shape index (κ3) is 9.05. The third-order valence-corrected chi connectivity index (χ3v) is 7.40. The van der Waals surface area contributed by atoms with Gasteiger partial charge in [0.05, 0.1) is 61.2 Å². The number of quaternary nitrogens is 2. The summed E-state index contributed by atoms with van der Waals surface area (Å²) in [5, 5.41) is 16.0. The predicted molar refractivity (Wildman–Crippen MR) is 182 cm³/mol. The minimum atomic E-state index is -0.250. The molecule has 0 spiro atoms. The standard InChI is InChI=1S/C36H44BN4O4/c1-8-25-9-13-27(14-10-25)36(44)39-33-20-18-30(22-34(33)45-7)29-17-19-32(31(21-29)24-42)38-35(43)28-15-11-26(12-16-28)23-41(5,6)37-40(2,3)4/h9-22,42H,8,23-24H2,1-7H3,(H,38,43)(H,39,44)/q+2. The quantitative estimate of drug-likeness (QED) is 0.179. The molecule has 0 aliphatic rings. The van der Waals surface area contributed by atoms with Crippen LogP contribution in [0.15, 0.2) is 84.9 Å². The highest BCUT2D eigenvalue weighted by atomic mass is 16.5. The van der Waals surface area contributed by atoms with E-state index in [9.17, 15) is 14.7 Å². The zero-order valence-corrected chi connectivity index (χ0v) is 27.3. The minimum absolute atomic E-state index is 0.220. The lowest BCUT2D eigenvalue weighted by Crippen LogP contribution is -2.56. The van der Waals surface area contributed by atoms with Gasteiger partial charge in [0.1, 0.15) is 5.75 Å². The molecule has 0 bridgehead atoms. The highest BCUT2D eigenvalue weighted by Crippen LogP contribution is 2.33. The van der Waals surface area contributed by atoms with E-state index in [1.54, 1.807) is 19.2 Å². The van der Waals surface area contributed by atoms with Crippen molar-refractivity contribution in [3.63, 3.8) is 0 Å². The zero-order valence-electron chi connectivity index (χ0n) is 27.3. The van der Waals surface area contributed by atoms with Gasteiger partial charge in [-0.1, -0.05) is 43.3 Å². The van der Waals surface area contributed by atoms with Crippen molar-refractivity contribution in [1.29, 1.82) is 0 Å². The van der Waals surface area contributed by atoms with Gasteiger partial charge in [0.2, 0.25) is 0 Å². The van der Waals surface area contributed by atoms with Crippen molar-refractivity contribution in [2.24, 2.45) is 0 Å². The first-order chi connectivity index (χ1) is 21.3. The number of benzene rings is 4. The van der Waals surface area contributed by atoms with Gasteiger partial charge >= 0.3 is 7.55 Å². The fourth-order valence-corrected chi connectivity index (χ4v) is 5.49. The molecule has 233 valence electrons. The van der Waals surface area contributed by atoms with Crippen molar-refractivity contribution in [2.45, 2.75) is 26.5 Å². The van der Waals surface area contributed by atoms with E-state index in [0.29, 0.717) is 38.2 Å². The molecule has 4 aromatic carbocycles. The van der Waals surface area contributed by atoms with E-state index in [-0.39, 0.29) is 18.4 Å². The molecule has 9 heteroatoms. The molecule has 0 saturated carbocycles. The smallest absolute Gasteiger partial charge is 0.495 e. The fraction of sp³-hybridized carbons (Fsp3) is 0.278. The topological polar surface area (TPSA) is 87.7 Å². The predicted octanol–water partition coefficient (Wildman–Crippen LogP) is 5.74. The second-order valence-corrected chi connectivity index (χ2v) is 12.8. The summed E-state index contributed by atoms with van der Waals surface area (Å²) in [6, 6.07) is 26.2. The van der Waals surface area contributed by atoms with Crippen LogP contribution < -0.4 is 15.4 Å². The molecule has 8 nitrogen and oxygen atoms in total. The van der Waals surface area contributed by atoms with Crippen molar-refractivity contribution in [3.8, 4) is 16.9 Å². The summed E-state index contributed by atoms with van der Waals surface area (Å²) in [6.45, 7) is 2.63. The number of methoxy groups -OCH3 is 1. The molecule has 0 aromatic heterocycles. The van der Waals surface area contributed by atoms with Crippen LogP contribution in [0.4, 0.5) is 11.4 Å². The first-order valence-electron chi connectivity index (χ1n) is 15.0. The summed E-state index contributed by atoms with van der Waals surface area (Å²) in [6.07, 6.45) is 0.908. The fourth-order valence-electron chi connectivity index (χ4n) is 5.49. The lowest BCUT2D eigenvalue weighted by Gasteiger charge is -2.32. The molecule has 2 amide bonds. The van der Waals surface area contributed by atoms with E-state index in [1.165, 1.54) is 5.56 Å². The molecule has 4 aromatic rings. The van der Waals surface area contributed by atoms with Gasteiger partial charge in [0.25, 0.3) is 11.8 Å². The van der Waals surface area contributed by atoms with Gasteiger partial charge in [-0.15, -0.1) is 0 Å². The third-order valence-electron chi connectivity index (χ3n) is 7.40. The second-order valence-electron chi connectivity index (χ2n) is 12.8. The van der Waals surface area contributed by atoms with Crippen LogP contribution in [0.5, 0.6) is 5.75 Å². The maximum atomic E-state index is 13.1. The van der Waals surface area contributed by atoms with Crippen molar-refractivity contribution < 1.29 is 28.2 Å². The van der Waals surface area contributed by atoms with Crippen LogP contribution in [0.1, 0.15) is 44.3 Å². The van der Waals surface area contributed by atoms with E-state index in [2.05, 4.69) is 60.3 Å². The summed E-state index contributed by atoms with van der Waals surface area (Å²) in [4.78, 5) is 25.9. The maximum Gasteiger partial charge on any atom is 0.791 e. The highest BCUT2D eigenvalue weighted by molar-refractivity contribution is 6.16. The van der Waals surface area contributed by atoms with Crippen LogP contribution in [0.2, 0.25) is 0 Å². The number of ether oxygens (including phenoxy) is 1. The molecule has 0 unspecified atom stereocenters. The Morgan fingerprint density at radius 3 is 1.76 bits per heavy atom. The number of carbonyl (C=O) groups is 2. The summed E-state index contributed by atoms with van der Waals surface area (Å²) in [7, 11) is 14.5. The first kappa shape index (κ1) is 33.5. The van der Waals surface area contributed by atoms with E-state index in [4.69, 9.17) is 4.74 Å². The number of aliphatic hydroxyl groups excluding tert-OH is 1. The average Bonchev–Trinajstić information content (AvgIpc) is 3.00. The van der Waals surface area contributed by atoms with Gasteiger partial charge in [-0.05, 0) is 71.6 Å². The number of nitrogens with one attached hydrogen (secondary N) is 2. The number of carbonyl (C=O) groups excluding carboxylic acids is 2. The number of anilines is 2. The summed E-state index contributed by atoms with van der Waals surface area (Å²) < 4.78 is 7.04. The Kier molecular flexibility index (Phi) is 10.5. The van der Waals surface area contributed by atoms with E-state index >= 15 is 0 Å². The lowest BCUT2D eigenvalue weighted by molar-refractivity contribution is -0.888. The Hall–Kier alpha value is -4.44. The van der Waals surface area contributed by atoms with Crippen LogP contribution in [0, 0.1) is 0 Å². The number of amides is 2. The first-order valence-corrected chi connectivity index (χ1v) is 15.0. The molecule has 0 aliphatic carbocycles. The van der Waals surface area contributed by atoms with E-state index in [0.717, 1.165) is 34.0 Å². The Morgan fingerprint density at radius 2 is 1.24 bits per heavy atom. The van der Waals surface area contributed by atoms with Gasteiger partial charge in [-0.3, -0.25) is 9.59 Å². The Morgan fingerprint density at radius 1 is 0.733 bits per heavy atom. The molecule has 4 rings (SSSR count). The number of aliphatic hydroxyl groups is 1. The van der Waals surface area contributed by atoms with E-state index < -0.39 is 0 Å². The molecular weight excluding hydrogens is 563 g/mol. The van der Waals surface area contributed by atoms with Gasteiger partial charge in [0.15, 0.2) is 0 Å². The molecule has 0 heterocycles. The molecule has 0 aliphatic heterocycles. The molecule has 3 N–H and O–H groups in total. The van der Waals surface area contributed by atoms with Gasteiger partial charge in [0, 0.05) is 27.9 Å². The monoisotopic (exact) mass is 607 g/mol. The van der Waals surface area contributed by atoms with Crippen LogP contribution in [-0.4, -0.2) is 75.6 Å². The maximum absolute atomic E-state index is 13.1. The van der Waals surface area contributed by atoms with Gasteiger partial charge in [-0.2, -0.15) is 0 Å². The molecular formula is C36H44BN4O4+2. The number of nitrogens with zero attached hydrogens (tertiary/aromatic N) is 2. The Labute approximate surface area is 267 Å². The molecule has 1 radical (unpaired) electrons. The van der Waals surface area contributed by atoms with Gasteiger partial charge < -0.3 is 29.3 Å². The second kappa shape index (κ2) is 14.1. The molecule has 45 heavy (non-hydrogen) atoms. The average molecular weight is 608 g/mol. The Bertz CT molecular complexity index is 1650. The number of hydrogen-bond donors (Lipinski definition) is 3. The summed E-state index contributed by atoms with van der Waals surface area (Å²) in [5.41, 5.74) is 6.75. The van der Waals surface area contributed by atoms with Crippen molar-refractivity contribution in [1.82, 2.24) is 0 Å². The van der Waals surface area contributed by atoms with Gasteiger partial charge in [-0.25, -0.2) is 0 Å². The normalized spacial score (nSPS) is 11.6. The largest absolute Gasteiger partial charge is 0.791 e. The lowest BCUT2D eigenvalue weighted by atomic mass is 9.97. The number of aryl methyl sites for hydroxylation is 1. The van der Waals surface area contributed by atoms with Crippen LogP contribution in [-0.2, 0) is 19.6 Å². The Balaban J connectivity index is 1.46. The molecule has 0 fully saturated rings. The zero-order chi connectivity index (χ0) is 32.8. The van der Waals surface area contributed by atoms with E-state index in [1.807, 2.05) is 72.8 Å². The number of hydrogen-bond acceptors (Lipinski definition) is 4.